The molecule has 32 heavy (non-hydrogen) atoms. The fourth-order valence-corrected chi connectivity index (χ4v) is 5.46. The molecule has 0 N–H and O–H groups in total. The average molecular weight is 456 g/mol. The zero-order valence-corrected chi connectivity index (χ0v) is 19.9. The van der Waals surface area contributed by atoms with Crippen molar-refractivity contribution in [3.8, 4) is 11.1 Å². The molecular weight excluding hydrogens is 426 g/mol. The zero-order valence-electron chi connectivity index (χ0n) is 19.1. The lowest BCUT2D eigenvalue weighted by molar-refractivity contribution is -0.120. The Balaban J connectivity index is 1.79. The van der Waals surface area contributed by atoms with Gasteiger partial charge in [0.1, 0.15) is 0 Å². The van der Waals surface area contributed by atoms with Crippen LogP contribution in [0.5, 0.6) is 0 Å². The molecule has 0 aromatic heterocycles. The van der Waals surface area contributed by atoms with Gasteiger partial charge < -0.3 is 9.80 Å². The molecule has 2 aromatic rings. The van der Waals surface area contributed by atoms with Gasteiger partial charge >= 0.3 is 0 Å². The lowest BCUT2D eigenvalue weighted by Gasteiger charge is -2.41. The molecule has 0 unspecified atom stereocenters. The number of aryl methyl sites for hydroxylation is 1. The molecule has 4 rings (SSSR count). The van der Waals surface area contributed by atoms with E-state index in [9.17, 15) is 18.0 Å². The summed E-state index contributed by atoms with van der Waals surface area (Å²) in [6, 6.07) is 10.9. The molecule has 1 fully saturated rings. The van der Waals surface area contributed by atoms with E-state index in [-0.39, 0.29) is 28.7 Å². The largest absolute Gasteiger partial charge is 0.308 e. The number of anilines is 2. The van der Waals surface area contributed by atoms with Crippen molar-refractivity contribution in [2.45, 2.75) is 44.6 Å². The maximum Gasteiger partial charge on any atom is 0.242 e. The summed E-state index contributed by atoms with van der Waals surface area (Å²) in [6.07, 6.45) is 1.83. The van der Waals surface area contributed by atoms with Gasteiger partial charge in [0.05, 0.1) is 22.3 Å². The highest BCUT2D eigenvalue weighted by Crippen LogP contribution is 2.42. The Hall–Kier alpha value is -2.71. The van der Waals surface area contributed by atoms with Gasteiger partial charge in [0.2, 0.25) is 21.8 Å². The number of amides is 2. The van der Waals surface area contributed by atoms with Gasteiger partial charge in [-0.2, -0.15) is 0 Å². The normalized spacial score (nSPS) is 18.6. The number of nitrogens with zero attached hydrogens (tertiary/aromatic N) is 3. The van der Waals surface area contributed by atoms with Crippen molar-refractivity contribution in [3.63, 3.8) is 0 Å². The second-order valence-electron chi connectivity index (χ2n) is 8.93. The van der Waals surface area contributed by atoms with Crippen LogP contribution in [0.4, 0.5) is 11.4 Å². The smallest absolute Gasteiger partial charge is 0.242 e. The maximum absolute atomic E-state index is 13.0. The van der Waals surface area contributed by atoms with E-state index in [0.29, 0.717) is 12.1 Å². The molecule has 2 aromatic carbocycles. The van der Waals surface area contributed by atoms with Crippen molar-refractivity contribution in [2.75, 3.05) is 30.4 Å². The van der Waals surface area contributed by atoms with Crippen molar-refractivity contribution < 1.29 is 18.0 Å². The SMILES string of the molecule is CC(=O)N1c2ccc(-c3ccc(S(=O)(=O)N(C)C)c(C)c3)cc2N(C(=O)C2CC2)C[C@@H]1C. The fourth-order valence-electron chi connectivity index (χ4n) is 4.36. The summed E-state index contributed by atoms with van der Waals surface area (Å²) in [4.78, 5) is 29.2. The number of carbonyl (C=O) groups is 2. The summed E-state index contributed by atoms with van der Waals surface area (Å²) in [5.74, 6) is 0.126. The third kappa shape index (κ3) is 3.82. The van der Waals surface area contributed by atoms with Crippen molar-refractivity contribution in [1.82, 2.24) is 4.31 Å². The Morgan fingerprint density at radius 3 is 2.19 bits per heavy atom. The highest BCUT2D eigenvalue weighted by atomic mass is 32.2. The van der Waals surface area contributed by atoms with E-state index in [4.69, 9.17) is 0 Å². The molecule has 0 saturated heterocycles. The van der Waals surface area contributed by atoms with Crippen molar-refractivity contribution >= 4 is 33.2 Å². The van der Waals surface area contributed by atoms with Crippen LogP contribution in [0.2, 0.25) is 0 Å². The number of sulfonamides is 1. The molecule has 0 bridgehead atoms. The number of benzene rings is 2. The first kappa shape index (κ1) is 22.5. The second-order valence-corrected chi connectivity index (χ2v) is 11.1. The first-order chi connectivity index (χ1) is 15.0. The first-order valence-electron chi connectivity index (χ1n) is 10.8. The molecule has 0 spiro atoms. The summed E-state index contributed by atoms with van der Waals surface area (Å²) in [7, 11) is -0.504. The molecule has 7 nitrogen and oxygen atoms in total. The summed E-state index contributed by atoms with van der Waals surface area (Å²) >= 11 is 0. The van der Waals surface area contributed by atoms with Crippen molar-refractivity contribution in [3.05, 3.63) is 42.0 Å². The molecule has 2 aliphatic rings. The number of hydrogen-bond donors (Lipinski definition) is 0. The van der Waals surface area contributed by atoms with Gasteiger partial charge in [-0.15, -0.1) is 0 Å². The Morgan fingerprint density at radius 1 is 1.00 bits per heavy atom. The Labute approximate surface area is 189 Å². The first-order valence-corrected chi connectivity index (χ1v) is 12.2. The standard InChI is InChI=1S/C24H29N3O4S/c1-15-12-19(9-11-23(15)32(30,31)25(4)5)20-8-10-21-22(13-20)26(24(29)18-6-7-18)14-16(2)27(21)17(3)28/h8-13,16,18H,6-7,14H2,1-5H3/t16-/m0/s1. The van der Waals surface area contributed by atoms with Crippen LogP contribution in [0.3, 0.4) is 0 Å². The molecule has 2 amide bonds. The van der Waals surface area contributed by atoms with Crippen LogP contribution < -0.4 is 9.80 Å². The van der Waals surface area contributed by atoms with Gasteiger partial charge in [-0.05, 0) is 61.6 Å². The highest BCUT2D eigenvalue weighted by Gasteiger charge is 2.39. The van der Waals surface area contributed by atoms with E-state index >= 15 is 0 Å². The van der Waals surface area contributed by atoms with Gasteiger partial charge in [0.25, 0.3) is 0 Å². The molecule has 1 atom stereocenters. The lowest BCUT2D eigenvalue weighted by atomic mass is 9.99. The molecule has 1 aliphatic heterocycles. The van der Waals surface area contributed by atoms with E-state index in [0.717, 1.165) is 35.3 Å². The van der Waals surface area contributed by atoms with Gasteiger partial charge in [-0.1, -0.05) is 18.2 Å². The van der Waals surface area contributed by atoms with Crippen molar-refractivity contribution in [2.24, 2.45) is 5.92 Å². The molecular formula is C24H29N3O4S. The topological polar surface area (TPSA) is 78.0 Å². The van der Waals surface area contributed by atoms with E-state index in [2.05, 4.69) is 0 Å². The highest BCUT2D eigenvalue weighted by molar-refractivity contribution is 7.89. The quantitative estimate of drug-likeness (QED) is 0.708. The predicted octanol–water partition coefficient (Wildman–Crippen LogP) is 3.41. The summed E-state index contributed by atoms with van der Waals surface area (Å²) in [5, 5.41) is 0. The molecule has 1 heterocycles. The van der Waals surface area contributed by atoms with E-state index in [1.165, 1.54) is 18.4 Å². The monoisotopic (exact) mass is 455 g/mol. The van der Waals surface area contributed by atoms with Crippen LogP contribution in [0.1, 0.15) is 32.3 Å². The minimum Gasteiger partial charge on any atom is -0.308 e. The van der Waals surface area contributed by atoms with Gasteiger partial charge in [0.15, 0.2) is 0 Å². The minimum atomic E-state index is -3.53. The summed E-state index contributed by atoms with van der Waals surface area (Å²) in [5.41, 5.74) is 3.84. The van der Waals surface area contributed by atoms with Gasteiger partial charge in [-0.25, -0.2) is 12.7 Å². The molecule has 1 aliphatic carbocycles. The third-order valence-corrected chi connectivity index (χ3v) is 8.19. The van der Waals surface area contributed by atoms with E-state index < -0.39 is 10.0 Å². The van der Waals surface area contributed by atoms with Crippen LogP contribution in [0.15, 0.2) is 41.3 Å². The number of carbonyl (C=O) groups excluding carboxylic acids is 2. The predicted molar refractivity (Wildman–Crippen MR) is 125 cm³/mol. The van der Waals surface area contributed by atoms with Crippen molar-refractivity contribution in [1.29, 1.82) is 0 Å². The van der Waals surface area contributed by atoms with Gasteiger partial charge in [-0.3, -0.25) is 9.59 Å². The zero-order chi connectivity index (χ0) is 23.4. The molecule has 0 radical (unpaired) electrons. The summed E-state index contributed by atoms with van der Waals surface area (Å²) in [6.45, 7) is 5.74. The van der Waals surface area contributed by atoms with Gasteiger partial charge in [0, 0.05) is 33.5 Å². The molecule has 170 valence electrons. The van der Waals surface area contributed by atoms with Crippen LogP contribution in [0, 0.1) is 12.8 Å². The average Bonchev–Trinajstić information content (AvgIpc) is 3.57. The molecule has 8 heteroatoms. The minimum absolute atomic E-state index is 0.0564. The maximum atomic E-state index is 13.0. The fraction of sp³-hybridized carbons (Fsp3) is 0.417. The number of hydrogen-bond acceptors (Lipinski definition) is 4. The number of fused-ring (bicyclic) bond motifs is 1. The number of rotatable bonds is 4. The van der Waals surface area contributed by atoms with Crippen LogP contribution >= 0.6 is 0 Å². The van der Waals surface area contributed by atoms with E-state index in [1.807, 2.05) is 36.1 Å². The Bertz CT molecular complexity index is 1200. The molecule has 1 saturated carbocycles. The second kappa shape index (κ2) is 8.01. The van der Waals surface area contributed by atoms with E-state index in [1.54, 1.807) is 30.9 Å². The van der Waals surface area contributed by atoms with Crippen LogP contribution in [-0.2, 0) is 19.6 Å². The Morgan fingerprint density at radius 2 is 1.62 bits per heavy atom. The Kier molecular flexibility index (Phi) is 5.63. The van der Waals surface area contributed by atoms with Crippen LogP contribution in [0.25, 0.3) is 11.1 Å². The van der Waals surface area contributed by atoms with Crippen LogP contribution in [-0.4, -0.2) is 51.2 Å². The summed E-state index contributed by atoms with van der Waals surface area (Å²) < 4.78 is 26.3. The lowest BCUT2D eigenvalue weighted by Crippen LogP contribution is -2.51. The third-order valence-electron chi connectivity index (χ3n) is 6.21.